The molecule has 0 bridgehead atoms. The van der Waals surface area contributed by atoms with E-state index in [2.05, 4.69) is 10.2 Å². The Kier molecular flexibility index (Phi) is 5.12. The zero-order valence-electron chi connectivity index (χ0n) is 14.8. The van der Waals surface area contributed by atoms with E-state index in [9.17, 15) is 8.78 Å². The second-order valence-electron chi connectivity index (χ2n) is 5.82. The molecule has 4 rings (SSSR count). The van der Waals surface area contributed by atoms with Crippen LogP contribution in [0.2, 0.25) is 0 Å². The van der Waals surface area contributed by atoms with Gasteiger partial charge in [0.15, 0.2) is 10.9 Å². The van der Waals surface area contributed by atoms with Gasteiger partial charge < -0.3 is 9.15 Å². The van der Waals surface area contributed by atoms with Crippen molar-refractivity contribution < 1.29 is 17.9 Å². The maximum Gasteiger partial charge on any atom is 0.205 e. The first-order chi connectivity index (χ1) is 13.7. The third kappa shape index (κ3) is 3.50. The van der Waals surface area contributed by atoms with Gasteiger partial charge in [-0.25, -0.2) is 8.78 Å². The lowest BCUT2D eigenvalue weighted by Crippen LogP contribution is -2.02. The second-order valence-corrected chi connectivity index (χ2v) is 6.76. The molecule has 2 heterocycles. The molecule has 0 N–H and O–H groups in total. The fraction of sp³-hybridized carbons (Fsp3) is 0.100. The van der Waals surface area contributed by atoms with Crippen LogP contribution in [0.25, 0.3) is 17.3 Å². The summed E-state index contributed by atoms with van der Waals surface area (Å²) >= 11 is 1.24. The summed E-state index contributed by atoms with van der Waals surface area (Å²) in [5.74, 6) is 0.866. The molecular formula is C20H15F2N3O2S. The van der Waals surface area contributed by atoms with E-state index in [0.29, 0.717) is 28.2 Å². The molecule has 8 heteroatoms. The van der Waals surface area contributed by atoms with E-state index < -0.39 is 11.6 Å². The Bertz CT molecular complexity index is 1100. The third-order valence-corrected chi connectivity index (χ3v) is 5.04. The molecule has 2 aromatic carbocycles. The van der Waals surface area contributed by atoms with E-state index in [-0.39, 0.29) is 11.3 Å². The highest BCUT2D eigenvalue weighted by molar-refractivity contribution is 7.98. The largest absolute Gasteiger partial charge is 0.495 e. The number of benzene rings is 2. The molecule has 0 saturated carbocycles. The number of ether oxygens (including phenoxy) is 1. The molecular weight excluding hydrogens is 384 g/mol. The fourth-order valence-electron chi connectivity index (χ4n) is 2.76. The van der Waals surface area contributed by atoms with Crippen molar-refractivity contribution in [3.8, 4) is 23.0 Å². The van der Waals surface area contributed by atoms with Crippen LogP contribution in [0, 0.1) is 11.6 Å². The second kappa shape index (κ2) is 7.85. The first-order valence-electron chi connectivity index (χ1n) is 8.37. The van der Waals surface area contributed by atoms with Gasteiger partial charge in [0.25, 0.3) is 0 Å². The van der Waals surface area contributed by atoms with E-state index in [0.717, 1.165) is 12.1 Å². The minimum absolute atomic E-state index is 0.190. The number of halogens is 2. The van der Waals surface area contributed by atoms with Crippen LogP contribution >= 0.6 is 11.8 Å². The van der Waals surface area contributed by atoms with Gasteiger partial charge in [0, 0.05) is 11.3 Å². The Labute approximate surface area is 164 Å². The van der Waals surface area contributed by atoms with Crippen LogP contribution in [0.4, 0.5) is 8.78 Å². The van der Waals surface area contributed by atoms with Crippen molar-refractivity contribution in [1.82, 2.24) is 14.8 Å². The van der Waals surface area contributed by atoms with Gasteiger partial charge in [-0.15, -0.1) is 10.2 Å². The Morgan fingerprint density at radius 2 is 1.93 bits per heavy atom. The van der Waals surface area contributed by atoms with Crippen molar-refractivity contribution in [2.75, 3.05) is 7.11 Å². The SMILES string of the molecule is COc1ccccc1-n1c(SCc2cc(F)ccc2F)nnc1-c1ccco1. The van der Waals surface area contributed by atoms with Gasteiger partial charge in [-0.3, -0.25) is 4.57 Å². The Hall–Kier alpha value is -3.13. The third-order valence-electron chi connectivity index (χ3n) is 4.07. The van der Waals surface area contributed by atoms with Crippen LogP contribution in [0.5, 0.6) is 5.75 Å². The zero-order valence-corrected chi connectivity index (χ0v) is 15.6. The van der Waals surface area contributed by atoms with E-state index in [1.165, 1.54) is 17.8 Å². The predicted octanol–water partition coefficient (Wildman–Crippen LogP) is 5.11. The van der Waals surface area contributed by atoms with Crippen LogP contribution in [-0.2, 0) is 5.75 Å². The summed E-state index contributed by atoms with van der Waals surface area (Å²) in [5, 5.41) is 8.97. The summed E-state index contributed by atoms with van der Waals surface area (Å²) in [6.45, 7) is 0. The summed E-state index contributed by atoms with van der Waals surface area (Å²) in [7, 11) is 1.57. The Balaban J connectivity index is 1.76. The molecule has 0 unspecified atom stereocenters. The molecule has 0 fully saturated rings. The van der Waals surface area contributed by atoms with Crippen LogP contribution in [0.1, 0.15) is 5.56 Å². The van der Waals surface area contributed by atoms with Crippen molar-refractivity contribution in [3.05, 3.63) is 78.1 Å². The molecule has 0 atom stereocenters. The highest BCUT2D eigenvalue weighted by atomic mass is 32.2. The molecule has 0 aliphatic heterocycles. The molecule has 0 aliphatic carbocycles. The van der Waals surface area contributed by atoms with Gasteiger partial charge in [0.1, 0.15) is 17.4 Å². The monoisotopic (exact) mass is 399 g/mol. The maximum atomic E-state index is 14.0. The number of furan rings is 1. The normalized spacial score (nSPS) is 11.0. The number of thioether (sulfide) groups is 1. The van der Waals surface area contributed by atoms with Crippen molar-refractivity contribution in [3.63, 3.8) is 0 Å². The van der Waals surface area contributed by atoms with E-state index in [4.69, 9.17) is 9.15 Å². The number of aromatic nitrogens is 3. The molecule has 0 radical (unpaired) electrons. The average Bonchev–Trinajstić information content (AvgIpc) is 3.38. The maximum absolute atomic E-state index is 14.0. The van der Waals surface area contributed by atoms with Gasteiger partial charge in [-0.1, -0.05) is 23.9 Å². The van der Waals surface area contributed by atoms with Crippen molar-refractivity contribution >= 4 is 11.8 Å². The van der Waals surface area contributed by atoms with Gasteiger partial charge in [-0.05, 0) is 42.5 Å². The molecule has 28 heavy (non-hydrogen) atoms. The number of hydrogen-bond donors (Lipinski definition) is 0. The van der Waals surface area contributed by atoms with Crippen molar-refractivity contribution in [2.45, 2.75) is 10.9 Å². The first kappa shape index (κ1) is 18.2. The highest BCUT2D eigenvalue weighted by Gasteiger charge is 2.20. The summed E-state index contributed by atoms with van der Waals surface area (Å²) in [4.78, 5) is 0. The van der Waals surface area contributed by atoms with Crippen LogP contribution < -0.4 is 4.74 Å². The summed E-state index contributed by atoms with van der Waals surface area (Å²) in [6, 6.07) is 14.3. The molecule has 4 aromatic rings. The molecule has 5 nitrogen and oxygen atoms in total. The van der Waals surface area contributed by atoms with E-state index >= 15 is 0 Å². The summed E-state index contributed by atoms with van der Waals surface area (Å²) in [6.07, 6.45) is 1.55. The van der Waals surface area contributed by atoms with Gasteiger partial charge in [0.05, 0.1) is 19.1 Å². The molecule has 0 saturated heterocycles. The van der Waals surface area contributed by atoms with Crippen LogP contribution in [0.15, 0.2) is 70.4 Å². The van der Waals surface area contributed by atoms with Crippen LogP contribution in [0.3, 0.4) is 0 Å². The molecule has 2 aromatic heterocycles. The summed E-state index contributed by atoms with van der Waals surface area (Å²) in [5.41, 5.74) is 0.961. The molecule has 142 valence electrons. The standard InChI is InChI=1S/C20H15F2N3O2S/c1-26-17-6-3-2-5-16(17)25-19(18-7-4-10-27-18)23-24-20(25)28-12-13-11-14(21)8-9-15(13)22/h2-11H,12H2,1H3. The Morgan fingerprint density at radius 1 is 1.07 bits per heavy atom. The minimum Gasteiger partial charge on any atom is -0.495 e. The number of nitrogens with zero attached hydrogens (tertiary/aromatic N) is 3. The van der Waals surface area contributed by atoms with Crippen molar-refractivity contribution in [2.24, 2.45) is 0 Å². The summed E-state index contributed by atoms with van der Waals surface area (Å²) < 4.78 is 40.2. The van der Waals surface area contributed by atoms with E-state index in [1.807, 2.05) is 24.3 Å². The molecule has 0 spiro atoms. The molecule has 0 aliphatic rings. The fourth-order valence-corrected chi connectivity index (χ4v) is 3.68. The highest BCUT2D eigenvalue weighted by Crippen LogP contribution is 2.34. The quantitative estimate of drug-likeness (QED) is 0.422. The number of methoxy groups -OCH3 is 1. The minimum atomic E-state index is -0.487. The first-order valence-corrected chi connectivity index (χ1v) is 9.35. The van der Waals surface area contributed by atoms with Crippen molar-refractivity contribution in [1.29, 1.82) is 0 Å². The number of hydrogen-bond acceptors (Lipinski definition) is 5. The number of para-hydroxylation sites is 2. The predicted molar refractivity (Wildman–Crippen MR) is 102 cm³/mol. The lowest BCUT2D eigenvalue weighted by atomic mass is 10.2. The number of rotatable bonds is 6. The molecule has 0 amide bonds. The van der Waals surface area contributed by atoms with Gasteiger partial charge in [-0.2, -0.15) is 0 Å². The smallest absolute Gasteiger partial charge is 0.205 e. The lowest BCUT2D eigenvalue weighted by Gasteiger charge is -2.13. The average molecular weight is 399 g/mol. The van der Waals surface area contributed by atoms with Gasteiger partial charge >= 0.3 is 0 Å². The zero-order chi connectivity index (χ0) is 19.5. The van der Waals surface area contributed by atoms with Gasteiger partial charge in [0.2, 0.25) is 5.82 Å². The van der Waals surface area contributed by atoms with E-state index in [1.54, 1.807) is 30.1 Å². The van der Waals surface area contributed by atoms with Crippen LogP contribution in [-0.4, -0.2) is 21.9 Å². The Morgan fingerprint density at radius 3 is 2.71 bits per heavy atom. The topological polar surface area (TPSA) is 53.1 Å². The lowest BCUT2D eigenvalue weighted by molar-refractivity contribution is 0.412.